The van der Waals surface area contributed by atoms with Gasteiger partial charge in [-0.15, -0.1) is 0 Å². The number of hydrogen-bond acceptors (Lipinski definition) is 15. The van der Waals surface area contributed by atoms with Crippen LogP contribution in [-0.2, 0) is 65.4 Å². The van der Waals surface area contributed by atoms with Crippen molar-refractivity contribution in [1.29, 1.82) is 0 Å². The Labute approximate surface area is 626 Å². The van der Waals surface area contributed by atoms with Gasteiger partial charge in [0.2, 0.25) is 0 Å². The van der Waals surface area contributed by atoms with Crippen LogP contribution in [0, 0.1) is 11.8 Å². The fourth-order valence-electron chi connectivity index (χ4n) is 12.9. The molecule has 5 atom stereocenters. The Morgan fingerprint density at radius 3 is 0.667 bits per heavy atom. The average Bonchev–Trinajstić information content (AvgIpc) is 0.936. The number of carbonyl (C=O) groups is 4. The van der Waals surface area contributed by atoms with Gasteiger partial charge >= 0.3 is 39.5 Å². The van der Waals surface area contributed by atoms with Crippen LogP contribution in [0.5, 0.6) is 0 Å². The number of esters is 4. The van der Waals surface area contributed by atoms with Crippen molar-refractivity contribution in [1.82, 2.24) is 0 Å². The number of phosphoric ester groups is 2. The summed E-state index contributed by atoms with van der Waals surface area (Å²) in [6, 6.07) is 0. The van der Waals surface area contributed by atoms with Gasteiger partial charge in [0.15, 0.2) is 12.2 Å². The number of aliphatic hydroxyl groups is 1. The van der Waals surface area contributed by atoms with Crippen LogP contribution in [0.2, 0.25) is 0 Å². The van der Waals surface area contributed by atoms with Crippen LogP contribution in [0.25, 0.3) is 0 Å². The van der Waals surface area contributed by atoms with E-state index in [0.29, 0.717) is 25.7 Å². The van der Waals surface area contributed by atoms with Crippen molar-refractivity contribution < 1.29 is 80.2 Å². The van der Waals surface area contributed by atoms with Crippen LogP contribution in [0.3, 0.4) is 0 Å². The van der Waals surface area contributed by atoms with Gasteiger partial charge in [-0.05, 0) is 37.5 Å². The Morgan fingerprint density at radius 1 is 0.265 bits per heavy atom. The zero-order chi connectivity index (χ0) is 74.9. The smallest absolute Gasteiger partial charge is 0.462 e. The molecule has 0 amide bonds. The van der Waals surface area contributed by atoms with E-state index in [4.69, 9.17) is 37.0 Å². The maximum atomic E-state index is 13.1. The molecule has 102 heavy (non-hydrogen) atoms. The molecule has 0 aromatic carbocycles. The molecule has 606 valence electrons. The number of hydrogen-bond donors (Lipinski definition) is 3. The Hall–Kier alpha value is -1.94. The molecule has 0 heterocycles. The van der Waals surface area contributed by atoms with Crippen molar-refractivity contribution in [3.63, 3.8) is 0 Å². The molecule has 0 aromatic heterocycles. The second-order valence-electron chi connectivity index (χ2n) is 30.8. The van der Waals surface area contributed by atoms with E-state index in [1.54, 1.807) is 0 Å². The second kappa shape index (κ2) is 74.5. The first kappa shape index (κ1) is 100. The average molecular weight is 1490 g/mol. The minimum Gasteiger partial charge on any atom is -0.462 e. The zero-order valence-electron chi connectivity index (χ0n) is 66.9. The minimum absolute atomic E-state index is 0.107. The number of carbonyl (C=O) groups excluding carboxylic acids is 4. The van der Waals surface area contributed by atoms with Gasteiger partial charge in [-0.25, -0.2) is 9.13 Å². The molecule has 0 rings (SSSR count). The first-order valence-corrected chi connectivity index (χ1v) is 46.0. The normalized spacial score (nSPS) is 13.9. The predicted molar refractivity (Wildman–Crippen MR) is 418 cm³/mol. The molecule has 0 saturated heterocycles. The summed E-state index contributed by atoms with van der Waals surface area (Å²) in [5, 5.41) is 10.6. The minimum atomic E-state index is -4.96. The van der Waals surface area contributed by atoms with Crippen LogP contribution < -0.4 is 0 Å². The second-order valence-corrected chi connectivity index (χ2v) is 33.7. The Balaban J connectivity index is 5.21. The van der Waals surface area contributed by atoms with E-state index in [1.807, 2.05) is 0 Å². The molecule has 0 spiro atoms. The summed E-state index contributed by atoms with van der Waals surface area (Å²) < 4.78 is 68.8. The van der Waals surface area contributed by atoms with E-state index >= 15 is 0 Å². The standard InChI is InChI=1S/C83H162O17P2/c1-7-9-11-13-15-17-18-19-20-21-22-23-24-27-31-37-43-49-55-61-67-82(87)100-79(72-94-81(86)66-60-54-48-42-36-30-28-25-26-29-34-40-45-51-57-63-75(3)4)74-98-102(91,92)96-70-77(84)69-95-101(89,90)97-73-78(71-93-80(85)65-59-53-47-39-16-14-12-10-8-2)99-83(88)68-62-56-50-44-38-33-32-35-41-46-52-58-64-76(5)6/h75-79,84H,7-74H2,1-6H3,(H,89,90)(H,91,92)/t77-,78+,79+/m0/s1. The van der Waals surface area contributed by atoms with Gasteiger partial charge in [0.25, 0.3) is 0 Å². The molecular formula is C83H162O17P2. The van der Waals surface area contributed by atoms with E-state index in [2.05, 4.69) is 41.5 Å². The number of unbranched alkanes of at least 4 members (excludes halogenated alkanes) is 52. The van der Waals surface area contributed by atoms with E-state index < -0.39 is 97.5 Å². The van der Waals surface area contributed by atoms with Gasteiger partial charge in [0.05, 0.1) is 26.4 Å². The highest BCUT2D eigenvalue weighted by molar-refractivity contribution is 7.47. The third-order valence-corrected chi connectivity index (χ3v) is 21.4. The van der Waals surface area contributed by atoms with Gasteiger partial charge in [-0.3, -0.25) is 37.3 Å². The summed E-state index contributed by atoms with van der Waals surface area (Å²) in [7, 11) is -9.92. The molecule has 0 fully saturated rings. The molecular weight excluding hydrogens is 1330 g/mol. The maximum absolute atomic E-state index is 13.1. The quantitative estimate of drug-likeness (QED) is 0.0222. The third kappa shape index (κ3) is 76.3. The first-order valence-electron chi connectivity index (χ1n) is 43.0. The lowest BCUT2D eigenvalue weighted by Gasteiger charge is -2.21. The summed E-state index contributed by atoms with van der Waals surface area (Å²) >= 11 is 0. The first-order chi connectivity index (χ1) is 49.4. The lowest BCUT2D eigenvalue weighted by atomic mass is 10.0. The summed E-state index contributed by atoms with van der Waals surface area (Å²) in [5.74, 6) is -0.524. The summed E-state index contributed by atoms with van der Waals surface area (Å²) in [6.45, 7) is 9.67. The molecule has 0 aliphatic heterocycles. The Kier molecular flexibility index (Phi) is 73.1. The van der Waals surface area contributed by atoms with E-state index in [9.17, 15) is 43.2 Å². The van der Waals surface area contributed by atoms with Crippen molar-refractivity contribution in [3.8, 4) is 0 Å². The largest absolute Gasteiger partial charge is 0.472 e. The highest BCUT2D eigenvalue weighted by Gasteiger charge is 2.30. The van der Waals surface area contributed by atoms with Gasteiger partial charge < -0.3 is 33.8 Å². The SMILES string of the molecule is CCCCCCCCCCCCCCCCCCCCCCC(=O)O[C@H](COC(=O)CCCCCCCCCCCCCCCCCC(C)C)COP(=O)(O)OC[C@@H](O)COP(=O)(O)OC[C@@H](COC(=O)CCCCCCCCCCC)OC(=O)CCCCCCCCCCCCCCC(C)C. The molecule has 0 aliphatic rings. The molecule has 0 bridgehead atoms. The number of ether oxygens (including phenoxy) is 4. The van der Waals surface area contributed by atoms with Crippen LogP contribution in [0.15, 0.2) is 0 Å². The summed E-state index contributed by atoms with van der Waals surface area (Å²) in [5.41, 5.74) is 0. The molecule has 0 aliphatic carbocycles. The molecule has 3 N–H and O–H groups in total. The van der Waals surface area contributed by atoms with Crippen LogP contribution in [-0.4, -0.2) is 96.7 Å². The Morgan fingerprint density at radius 2 is 0.451 bits per heavy atom. The maximum Gasteiger partial charge on any atom is 0.472 e. The highest BCUT2D eigenvalue weighted by Crippen LogP contribution is 2.45. The predicted octanol–water partition coefficient (Wildman–Crippen LogP) is 25.1. The fraction of sp³-hybridized carbons (Fsp3) is 0.952. The van der Waals surface area contributed by atoms with Crippen molar-refractivity contribution in [2.45, 2.75) is 458 Å². The number of phosphoric acid groups is 2. The number of aliphatic hydroxyl groups excluding tert-OH is 1. The van der Waals surface area contributed by atoms with E-state index in [0.717, 1.165) is 102 Å². The van der Waals surface area contributed by atoms with Crippen molar-refractivity contribution >= 4 is 39.5 Å². The van der Waals surface area contributed by atoms with Crippen molar-refractivity contribution in [2.75, 3.05) is 39.6 Å². The molecule has 2 unspecified atom stereocenters. The third-order valence-electron chi connectivity index (χ3n) is 19.5. The monoisotopic (exact) mass is 1490 g/mol. The van der Waals surface area contributed by atoms with Gasteiger partial charge in [-0.1, -0.05) is 388 Å². The van der Waals surface area contributed by atoms with E-state index in [-0.39, 0.29) is 25.7 Å². The molecule has 0 saturated carbocycles. The van der Waals surface area contributed by atoms with E-state index in [1.165, 1.54) is 257 Å². The molecule has 0 radical (unpaired) electrons. The Bertz CT molecular complexity index is 1960. The highest BCUT2D eigenvalue weighted by atomic mass is 31.2. The van der Waals surface area contributed by atoms with Gasteiger partial charge in [0, 0.05) is 25.7 Å². The summed E-state index contributed by atoms with van der Waals surface area (Å²) in [6.07, 6.45) is 65.3. The van der Waals surface area contributed by atoms with Gasteiger partial charge in [0.1, 0.15) is 19.3 Å². The van der Waals surface area contributed by atoms with Crippen molar-refractivity contribution in [2.24, 2.45) is 11.8 Å². The lowest BCUT2D eigenvalue weighted by molar-refractivity contribution is -0.161. The zero-order valence-corrected chi connectivity index (χ0v) is 68.7. The van der Waals surface area contributed by atoms with Crippen LogP contribution >= 0.6 is 15.6 Å². The summed E-state index contributed by atoms with van der Waals surface area (Å²) in [4.78, 5) is 73.1. The fourth-order valence-corrected chi connectivity index (χ4v) is 14.5. The number of rotatable bonds is 82. The molecule has 17 nitrogen and oxygen atoms in total. The topological polar surface area (TPSA) is 237 Å². The van der Waals surface area contributed by atoms with Crippen LogP contribution in [0.1, 0.15) is 440 Å². The van der Waals surface area contributed by atoms with Crippen molar-refractivity contribution in [3.05, 3.63) is 0 Å². The molecule has 0 aromatic rings. The van der Waals surface area contributed by atoms with Crippen LogP contribution in [0.4, 0.5) is 0 Å². The van der Waals surface area contributed by atoms with Gasteiger partial charge in [-0.2, -0.15) is 0 Å². The lowest BCUT2D eigenvalue weighted by Crippen LogP contribution is -2.30. The molecule has 19 heteroatoms.